The van der Waals surface area contributed by atoms with Gasteiger partial charge in [0, 0.05) is 18.4 Å². The lowest BCUT2D eigenvalue weighted by molar-refractivity contribution is 0.0411. The summed E-state index contributed by atoms with van der Waals surface area (Å²) in [6.45, 7) is -0.571. The van der Waals surface area contributed by atoms with Crippen molar-refractivity contribution >= 4 is 0 Å². The highest BCUT2D eigenvalue weighted by molar-refractivity contribution is 4.99. The number of aromatic nitrogens is 2. The Bertz CT molecular complexity index is 238. The van der Waals surface area contributed by atoms with E-state index < -0.39 is 5.54 Å². The average Bonchev–Trinajstić information content (AvgIpc) is 2.74. The summed E-state index contributed by atoms with van der Waals surface area (Å²) >= 11 is 0. The summed E-state index contributed by atoms with van der Waals surface area (Å²) in [6.07, 6.45) is 1.61. The van der Waals surface area contributed by atoms with Crippen LogP contribution in [0.4, 0.5) is 0 Å². The molecule has 0 radical (unpaired) electrons. The summed E-state index contributed by atoms with van der Waals surface area (Å²) in [5.41, 5.74) is -0.213. The standard InChI is InChI=1S/C8H15N3O3/c12-4-8(5-13,6-14)9-3-7-1-2-10-11-7/h1-2,9,12-14H,3-6H2,(H,10,11). The number of aliphatic hydroxyl groups is 3. The fourth-order valence-electron chi connectivity index (χ4n) is 0.984. The smallest absolute Gasteiger partial charge is 0.0884 e. The maximum absolute atomic E-state index is 9.00. The first-order chi connectivity index (χ1) is 6.76. The van der Waals surface area contributed by atoms with Crippen LogP contribution in [-0.2, 0) is 6.54 Å². The maximum atomic E-state index is 9.00. The van der Waals surface area contributed by atoms with Gasteiger partial charge < -0.3 is 15.3 Å². The van der Waals surface area contributed by atoms with Gasteiger partial charge in [-0.25, -0.2) is 0 Å². The second-order valence-electron chi connectivity index (χ2n) is 3.19. The first-order valence-corrected chi connectivity index (χ1v) is 4.32. The van der Waals surface area contributed by atoms with Crippen LogP contribution in [0.15, 0.2) is 12.3 Å². The van der Waals surface area contributed by atoms with Gasteiger partial charge in [-0.05, 0) is 6.07 Å². The molecule has 1 rings (SSSR count). The molecule has 0 aliphatic heterocycles. The molecule has 0 amide bonds. The molecule has 1 heterocycles. The lowest BCUT2D eigenvalue weighted by Crippen LogP contribution is -2.54. The van der Waals surface area contributed by atoms with Gasteiger partial charge in [0.1, 0.15) is 0 Å². The van der Waals surface area contributed by atoms with Crippen LogP contribution in [0.2, 0.25) is 0 Å². The zero-order chi connectivity index (χ0) is 10.4. The molecule has 0 saturated carbocycles. The fourth-order valence-corrected chi connectivity index (χ4v) is 0.984. The van der Waals surface area contributed by atoms with Gasteiger partial charge in [0.2, 0.25) is 0 Å². The van der Waals surface area contributed by atoms with Gasteiger partial charge in [0.25, 0.3) is 0 Å². The normalized spacial score (nSPS) is 11.9. The SMILES string of the molecule is OCC(CO)(CO)NCc1ccn[nH]1. The van der Waals surface area contributed by atoms with Gasteiger partial charge in [0.05, 0.1) is 25.4 Å². The molecule has 1 aromatic rings. The summed E-state index contributed by atoms with van der Waals surface area (Å²) < 4.78 is 0. The minimum atomic E-state index is -1.04. The molecule has 0 aromatic carbocycles. The van der Waals surface area contributed by atoms with E-state index in [0.717, 1.165) is 5.69 Å². The summed E-state index contributed by atoms with van der Waals surface area (Å²) in [5, 5.41) is 36.3. The molecule has 6 nitrogen and oxygen atoms in total. The molecule has 80 valence electrons. The molecule has 0 atom stereocenters. The average molecular weight is 201 g/mol. The molecule has 0 aliphatic carbocycles. The number of aromatic amines is 1. The van der Waals surface area contributed by atoms with Crippen LogP contribution in [0.5, 0.6) is 0 Å². The van der Waals surface area contributed by atoms with E-state index in [1.54, 1.807) is 12.3 Å². The minimum Gasteiger partial charge on any atom is -0.394 e. The highest BCUT2D eigenvalue weighted by Gasteiger charge is 2.27. The van der Waals surface area contributed by atoms with Crippen LogP contribution >= 0.6 is 0 Å². The molecule has 5 N–H and O–H groups in total. The van der Waals surface area contributed by atoms with E-state index in [1.165, 1.54) is 0 Å². The van der Waals surface area contributed by atoms with Gasteiger partial charge in [-0.2, -0.15) is 5.10 Å². The van der Waals surface area contributed by atoms with E-state index in [0.29, 0.717) is 6.54 Å². The van der Waals surface area contributed by atoms with Crippen molar-refractivity contribution < 1.29 is 15.3 Å². The Morgan fingerprint density at radius 3 is 2.36 bits per heavy atom. The van der Waals surface area contributed by atoms with E-state index in [9.17, 15) is 0 Å². The van der Waals surface area contributed by atoms with Crippen molar-refractivity contribution in [1.29, 1.82) is 0 Å². The highest BCUT2D eigenvalue weighted by Crippen LogP contribution is 2.03. The lowest BCUT2D eigenvalue weighted by Gasteiger charge is -2.28. The molecular formula is C8H15N3O3. The van der Waals surface area contributed by atoms with Crippen molar-refractivity contribution in [3.63, 3.8) is 0 Å². The highest BCUT2D eigenvalue weighted by atomic mass is 16.3. The Kier molecular flexibility index (Phi) is 4.02. The molecule has 0 unspecified atom stereocenters. The summed E-state index contributed by atoms with van der Waals surface area (Å²) in [7, 11) is 0. The Morgan fingerprint density at radius 1 is 1.29 bits per heavy atom. The summed E-state index contributed by atoms with van der Waals surface area (Å²) in [6, 6.07) is 1.77. The molecular weight excluding hydrogens is 186 g/mol. The monoisotopic (exact) mass is 201 g/mol. The van der Waals surface area contributed by atoms with Gasteiger partial charge in [-0.15, -0.1) is 0 Å². The predicted octanol–water partition coefficient (Wildman–Crippen LogP) is -1.78. The summed E-state index contributed by atoms with van der Waals surface area (Å²) in [5.74, 6) is 0. The predicted molar refractivity (Wildman–Crippen MR) is 49.4 cm³/mol. The lowest BCUT2D eigenvalue weighted by atomic mass is 10.0. The zero-order valence-electron chi connectivity index (χ0n) is 7.77. The van der Waals surface area contributed by atoms with E-state index in [2.05, 4.69) is 15.5 Å². The first-order valence-electron chi connectivity index (χ1n) is 4.32. The Hall–Kier alpha value is -0.950. The molecule has 0 aliphatic rings. The molecule has 14 heavy (non-hydrogen) atoms. The third-order valence-corrected chi connectivity index (χ3v) is 2.12. The van der Waals surface area contributed by atoms with E-state index in [1.807, 2.05) is 0 Å². The molecule has 0 bridgehead atoms. The van der Waals surface area contributed by atoms with Crippen molar-refractivity contribution in [1.82, 2.24) is 15.5 Å². The van der Waals surface area contributed by atoms with E-state index in [4.69, 9.17) is 15.3 Å². The van der Waals surface area contributed by atoms with Crippen LogP contribution in [0.1, 0.15) is 5.69 Å². The number of hydrogen-bond acceptors (Lipinski definition) is 5. The van der Waals surface area contributed by atoms with Gasteiger partial charge >= 0.3 is 0 Å². The second-order valence-corrected chi connectivity index (χ2v) is 3.19. The Morgan fingerprint density at radius 2 is 1.93 bits per heavy atom. The quantitative estimate of drug-likeness (QED) is 0.374. The van der Waals surface area contributed by atoms with Crippen molar-refractivity contribution in [2.75, 3.05) is 19.8 Å². The molecule has 0 saturated heterocycles. The van der Waals surface area contributed by atoms with Gasteiger partial charge in [-0.3, -0.25) is 10.4 Å². The van der Waals surface area contributed by atoms with Crippen LogP contribution in [0.3, 0.4) is 0 Å². The van der Waals surface area contributed by atoms with Crippen LogP contribution in [0.25, 0.3) is 0 Å². The fraction of sp³-hybridized carbons (Fsp3) is 0.625. The third-order valence-electron chi connectivity index (χ3n) is 2.12. The van der Waals surface area contributed by atoms with Crippen molar-refractivity contribution in [2.24, 2.45) is 0 Å². The zero-order valence-corrected chi connectivity index (χ0v) is 7.77. The van der Waals surface area contributed by atoms with E-state index >= 15 is 0 Å². The number of rotatable bonds is 6. The van der Waals surface area contributed by atoms with Crippen molar-refractivity contribution in [3.05, 3.63) is 18.0 Å². The second kappa shape index (κ2) is 5.06. The summed E-state index contributed by atoms with van der Waals surface area (Å²) in [4.78, 5) is 0. The van der Waals surface area contributed by atoms with Crippen molar-refractivity contribution in [2.45, 2.75) is 12.1 Å². The topological polar surface area (TPSA) is 101 Å². The first kappa shape index (κ1) is 11.1. The van der Waals surface area contributed by atoms with Gasteiger partial charge in [-0.1, -0.05) is 0 Å². The van der Waals surface area contributed by atoms with Crippen LogP contribution in [-0.4, -0.2) is 50.9 Å². The molecule has 0 fully saturated rings. The Balaban J connectivity index is 2.48. The number of hydrogen-bond donors (Lipinski definition) is 5. The van der Waals surface area contributed by atoms with Gasteiger partial charge in [0.15, 0.2) is 0 Å². The molecule has 6 heteroatoms. The van der Waals surface area contributed by atoms with E-state index in [-0.39, 0.29) is 19.8 Å². The number of nitrogens with zero attached hydrogens (tertiary/aromatic N) is 1. The number of aliphatic hydroxyl groups excluding tert-OH is 3. The van der Waals surface area contributed by atoms with Crippen LogP contribution < -0.4 is 5.32 Å². The largest absolute Gasteiger partial charge is 0.394 e. The Labute approximate surface area is 81.6 Å². The number of nitrogens with one attached hydrogen (secondary N) is 2. The molecule has 0 spiro atoms. The molecule has 1 aromatic heterocycles. The third kappa shape index (κ3) is 2.52. The van der Waals surface area contributed by atoms with Crippen LogP contribution in [0, 0.1) is 0 Å². The number of H-pyrrole nitrogens is 1. The van der Waals surface area contributed by atoms with Crippen molar-refractivity contribution in [3.8, 4) is 0 Å². The minimum absolute atomic E-state index is 0.325. The maximum Gasteiger partial charge on any atom is 0.0884 e.